The topological polar surface area (TPSA) is 30.0 Å². The van der Waals surface area contributed by atoms with Crippen molar-refractivity contribution in [1.82, 2.24) is 4.98 Å². The Balaban J connectivity index is 2.03. The summed E-state index contributed by atoms with van der Waals surface area (Å²) in [7, 11) is 0. The number of benzene rings is 2. The Kier molecular flexibility index (Phi) is 3.30. The van der Waals surface area contributed by atoms with Gasteiger partial charge in [0.1, 0.15) is 6.29 Å². The van der Waals surface area contributed by atoms with Crippen LogP contribution in [0.15, 0.2) is 54.7 Å². The number of hydrogen-bond acceptors (Lipinski definition) is 2. The lowest BCUT2D eigenvalue weighted by Gasteiger charge is -2.09. The number of carbonyl (C=O) groups is 1. The van der Waals surface area contributed by atoms with E-state index in [1.807, 2.05) is 49.5 Å². The molecule has 0 fully saturated rings. The summed E-state index contributed by atoms with van der Waals surface area (Å²) in [6.07, 6.45) is 3.60. The molecule has 0 aliphatic rings. The highest BCUT2D eigenvalue weighted by molar-refractivity contribution is 5.82. The Morgan fingerprint density at radius 1 is 1.05 bits per heavy atom. The number of carbonyl (C=O) groups excluding carboxylic acids is 1. The first kappa shape index (κ1) is 12.5. The highest BCUT2D eigenvalue weighted by Crippen LogP contribution is 2.21. The van der Waals surface area contributed by atoms with Crippen molar-refractivity contribution in [3.05, 3.63) is 77.0 Å². The molecule has 0 bridgehead atoms. The van der Waals surface area contributed by atoms with Crippen molar-refractivity contribution in [3.63, 3.8) is 0 Å². The van der Waals surface area contributed by atoms with Crippen molar-refractivity contribution in [2.75, 3.05) is 0 Å². The van der Waals surface area contributed by atoms with Crippen LogP contribution in [-0.4, -0.2) is 11.3 Å². The maximum absolute atomic E-state index is 10.8. The zero-order chi connectivity index (χ0) is 13.9. The van der Waals surface area contributed by atoms with E-state index in [0.717, 1.165) is 29.4 Å². The molecule has 1 heterocycles. The van der Waals surface area contributed by atoms with Gasteiger partial charge >= 0.3 is 0 Å². The van der Waals surface area contributed by atoms with E-state index in [2.05, 4.69) is 17.1 Å². The van der Waals surface area contributed by atoms with Crippen LogP contribution >= 0.6 is 0 Å². The van der Waals surface area contributed by atoms with E-state index in [1.165, 1.54) is 16.5 Å². The number of pyridine rings is 1. The van der Waals surface area contributed by atoms with E-state index in [9.17, 15) is 4.79 Å². The summed E-state index contributed by atoms with van der Waals surface area (Å²) in [4.78, 5) is 15.2. The minimum absolute atomic E-state index is 0.728. The van der Waals surface area contributed by atoms with Crippen LogP contribution in [0.5, 0.6) is 0 Å². The third kappa shape index (κ3) is 2.32. The zero-order valence-electron chi connectivity index (χ0n) is 11.3. The number of aromatic nitrogens is 1. The predicted molar refractivity (Wildman–Crippen MR) is 81.1 cm³/mol. The second kappa shape index (κ2) is 5.25. The smallest absolute Gasteiger partial charge is 0.150 e. The van der Waals surface area contributed by atoms with Gasteiger partial charge in [-0.25, -0.2) is 0 Å². The lowest BCUT2D eigenvalue weighted by atomic mass is 9.97. The van der Waals surface area contributed by atoms with Crippen molar-refractivity contribution in [1.29, 1.82) is 0 Å². The predicted octanol–water partition coefficient (Wildman–Crippen LogP) is 3.95. The Morgan fingerprint density at radius 3 is 2.70 bits per heavy atom. The Hall–Kier alpha value is -2.48. The summed E-state index contributed by atoms with van der Waals surface area (Å²) >= 11 is 0. The van der Waals surface area contributed by atoms with Gasteiger partial charge in [-0.2, -0.15) is 0 Å². The van der Waals surface area contributed by atoms with Crippen LogP contribution in [0.2, 0.25) is 0 Å². The summed E-state index contributed by atoms with van der Waals surface area (Å²) in [5, 5.41) is 1.19. The fourth-order valence-corrected chi connectivity index (χ4v) is 2.51. The highest BCUT2D eigenvalue weighted by atomic mass is 16.1. The van der Waals surface area contributed by atoms with E-state index in [1.54, 1.807) is 0 Å². The Labute approximate surface area is 118 Å². The van der Waals surface area contributed by atoms with Crippen LogP contribution in [0.25, 0.3) is 10.9 Å². The van der Waals surface area contributed by atoms with Gasteiger partial charge in [0, 0.05) is 17.1 Å². The molecule has 2 heteroatoms. The molecular formula is C18H15NO. The lowest BCUT2D eigenvalue weighted by Crippen LogP contribution is -1.95. The fraction of sp³-hybridized carbons (Fsp3) is 0.111. The molecule has 2 aromatic carbocycles. The molecule has 0 radical (unpaired) electrons. The molecule has 0 atom stereocenters. The molecule has 2 nitrogen and oxygen atoms in total. The van der Waals surface area contributed by atoms with Crippen LogP contribution < -0.4 is 0 Å². The number of aryl methyl sites for hydroxylation is 1. The average Bonchev–Trinajstić information content (AvgIpc) is 2.49. The van der Waals surface area contributed by atoms with Crippen LogP contribution in [0.4, 0.5) is 0 Å². The molecule has 0 saturated carbocycles. The van der Waals surface area contributed by atoms with Gasteiger partial charge in [-0.15, -0.1) is 0 Å². The van der Waals surface area contributed by atoms with E-state index < -0.39 is 0 Å². The first-order chi connectivity index (χ1) is 9.78. The van der Waals surface area contributed by atoms with Crippen molar-refractivity contribution >= 4 is 17.2 Å². The Morgan fingerprint density at radius 2 is 1.90 bits per heavy atom. The number of para-hydroxylation sites is 1. The van der Waals surface area contributed by atoms with Crippen molar-refractivity contribution in [2.24, 2.45) is 0 Å². The summed E-state index contributed by atoms with van der Waals surface area (Å²) in [6, 6.07) is 16.1. The van der Waals surface area contributed by atoms with Gasteiger partial charge < -0.3 is 0 Å². The maximum atomic E-state index is 10.8. The third-order valence-electron chi connectivity index (χ3n) is 3.62. The minimum Gasteiger partial charge on any atom is -0.298 e. The quantitative estimate of drug-likeness (QED) is 0.668. The molecular weight excluding hydrogens is 246 g/mol. The standard InChI is InChI=1S/C18H15NO/c1-13-10-14(12-20)6-7-15(13)11-16-8-9-19-18-5-3-2-4-17(16)18/h2-10,12H,11H2,1H3. The highest BCUT2D eigenvalue weighted by Gasteiger charge is 2.05. The molecule has 0 saturated heterocycles. The van der Waals surface area contributed by atoms with Crippen LogP contribution in [0.1, 0.15) is 27.0 Å². The largest absolute Gasteiger partial charge is 0.298 e. The third-order valence-corrected chi connectivity index (χ3v) is 3.62. The summed E-state index contributed by atoms with van der Waals surface area (Å²) < 4.78 is 0. The normalized spacial score (nSPS) is 10.7. The lowest BCUT2D eigenvalue weighted by molar-refractivity contribution is 0.112. The number of aldehydes is 1. The van der Waals surface area contributed by atoms with Gasteiger partial charge in [-0.1, -0.05) is 30.3 Å². The molecule has 0 aliphatic heterocycles. The molecule has 0 aliphatic carbocycles. The number of nitrogens with zero attached hydrogens (tertiary/aromatic N) is 1. The molecule has 3 rings (SSSR count). The molecule has 0 amide bonds. The van der Waals surface area contributed by atoms with E-state index in [-0.39, 0.29) is 0 Å². The van der Waals surface area contributed by atoms with Gasteiger partial charge in [0.15, 0.2) is 0 Å². The summed E-state index contributed by atoms with van der Waals surface area (Å²) in [5.41, 5.74) is 5.40. The molecule has 3 aromatic rings. The second-order valence-electron chi connectivity index (χ2n) is 4.97. The van der Waals surface area contributed by atoms with Gasteiger partial charge in [0.05, 0.1) is 5.52 Å². The van der Waals surface area contributed by atoms with E-state index in [0.29, 0.717) is 0 Å². The molecule has 20 heavy (non-hydrogen) atoms. The van der Waals surface area contributed by atoms with E-state index in [4.69, 9.17) is 0 Å². The second-order valence-corrected chi connectivity index (χ2v) is 4.97. The van der Waals surface area contributed by atoms with E-state index >= 15 is 0 Å². The molecule has 0 N–H and O–H groups in total. The van der Waals surface area contributed by atoms with Crippen molar-refractivity contribution in [2.45, 2.75) is 13.3 Å². The first-order valence-corrected chi connectivity index (χ1v) is 6.65. The number of hydrogen-bond donors (Lipinski definition) is 0. The Bertz CT molecular complexity index is 772. The summed E-state index contributed by atoms with van der Waals surface area (Å²) in [5.74, 6) is 0. The zero-order valence-corrected chi connectivity index (χ0v) is 11.3. The minimum atomic E-state index is 0.728. The van der Waals surface area contributed by atoms with Crippen molar-refractivity contribution < 1.29 is 4.79 Å². The molecule has 0 spiro atoms. The average molecular weight is 261 g/mol. The van der Waals surface area contributed by atoms with Gasteiger partial charge in [-0.05, 0) is 48.2 Å². The van der Waals surface area contributed by atoms with Crippen molar-refractivity contribution in [3.8, 4) is 0 Å². The van der Waals surface area contributed by atoms with Crippen LogP contribution in [0, 0.1) is 6.92 Å². The van der Waals surface area contributed by atoms with Crippen LogP contribution in [0.3, 0.4) is 0 Å². The molecule has 1 aromatic heterocycles. The SMILES string of the molecule is Cc1cc(C=O)ccc1Cc1ccnc2ccccc12. The van der Waals surface area contributed by atoms with Crippen LogP contribution in [-0.2, 0) is 6.42 Å². The van der Waals surface area contributed by atoms with Gasteiger partial charge in [0.2, 0.25) is 0 Å². The molecule has 98 valence electrons. The monoisotopic (exact) mass is 261 g/mol. The van der Waals surface area contributed by atoms with Gasteiger partial charge in [-0.3, -0.25) is 9.78 Å². The number of fused-ring (bicyclic) bond motifs is 1. The maximum Gasteiger partial charge on any atom is 0.150 e. The fourth-order valence-electron chi connectivity index (χ4n) is 2.51. The molecule has 0 unspecified atom stereocenters. The first-order valence-electron chi connectivity index (χ1n) is 6.65. The number of rotatable bonds is 3. The summed E-state index contributed by atoms with van der Waals surface area (Å²) in [6.45, 7) is 2.05. The van der Waals surface area contributed by atoms with Gasteiger partial charge in [0.25, 0.3) is 0 Å².